The zero-order chi connectivity index (χ0) is 51.2. The Bertz CT molecular complexity index is 1090. The van der Waals surface area contributed by atoms with E-state index in [2.05, 4.69) is 41.5 Å². The molecule has 0 N–H and O–H groups in total. The topological polar surface area (TPSA) is 78.9 Å². The third kappa shape index (κ3) is 57.3. The average molecular weight is 990 g/mol. The first-order valence-electron chi connectivity index (χ1n) is 31.6. The van der Waals surface area contributed by atoms with Crippen molar-refractivity contribution in [3.05, 3.63) is 0 Å². The van der Waals surface area contributed by atoms with Gasteiger partial charge in [-0.15, -0.1) is 0 Å². The molecule has 0 amide bonds. The maximum absolute atomic E-state index is 12.9. The van der Waals surface area contributed by atoms with Gasteiger partial charge in [0.15, 0.2) is 6.10 Å². The number of unbranched alkanes of at least 4 members (excludes halogenated alkanes) is 40. The Morgan fingerprint density at radius 2 is 0.414 bits per heavy atom. The summed E-state index contributed by atoms with van der Waals surface area (Å²) in [6.45, 7) is 13.8. The lowest BCUT2D eigenvalue weighted by Crippen LogP contribution is -2.30. The van der Waals surface area contributed by atoms with Crippen molar-refractivity contribution < 1.29 is 28.6 Å². The molecule has 0 unspecified atom stereocenters. The number of esters is 3. The van der Waals surface area contributed by atoms with Crippen molar-refractivity contribution in [2.24, 2.45) is 17.8 Å². The fraction of sp³-hybridized carbons (Fsp3) is 0.953. The summed E-state index contributed by atoms with van der Waals surface area (Å²) in [7, 11) is 0. The Labute approximate surface area is 438 Å². The van der Waals surface area contributed by atoms with Crippen molar-refractivity contribution in [2.75, 3.05) is 13.2 Å². The van der Waals surface area contributed by atoms with E-state index in [-0.39, 0.29) is 31.1 Å². The van der Waals surface area contributed by atoms with Gasteiger partial charge in [0, 0.05) is 19.3 Å². The van der Waals surface area contributed by atoms with Crippen LogP contribution in [-0.4, -0.2) is 37.2 Å². The van der Waals surface area contributed by atoms with Crippen LogP contribution in [0.5, 0.6) is 0 Å². The molecular formula is C64H124O6. The lowest BCUT2D eigenvalue weighted by Gasteiger charge is -2.18. The van der Waals surface area contributed by atoms with Crippen LogP contribution in [0.2, 0.25) is 0 Å². The summed E-state index contributed by atoms with van der Waals surface area (Å²) in [6.07, 6.45) is 59.6. The zero-order valence-corrected chi connectivity index (χ0v) is 48.3. The zero-order valence-electron chi connectivity index (χ0n) is 48.3. The molecule has 0 radical (unpaired) electrons. The second kappa shape index (κ2) is 55.2. The van der Waals surface area contributed by atoms with E-state index in [9.17, 15) is 14.4 Å². The Hall–Kier alpha value is -1.59. The minimum atomic E-state index is -0.764. The largest absolute Gasteiger partial charge is 0.462 e. The van der Waals surface area contributed by atoms with Gasteiger partial charge in [-0.05, 0) is 37.0 Å². The van der Waals surface area contributed by atoms with Gasteiger partial charge < -0.3 is 14.2 Å². The molecule has 0 bridgehead atoms. The molecule has 416 valence electrons. The van der Waals surface area contributed by atoms with E-state index in [0.717, 1.165) is 75.5 Å². The van der Waals surface area contributed by atoms with E-state index in [4.69, 9.17) is 14.2 Å². The van der Waals surface area contributed by atoms with E-state index < -0.39 is 6.10 Å². The molecule has 0 aromatic heterocycles. The quantitative estimate of drug-likeness (QED) is 0.0343. The Balaban J connectivity index is 4.29. The van der Waals surface area contributed by atoms with Crippen molar-refractivity contribution in [1.82, 2.24) is 0 Å². The molecule has 0 aromatic carbocycles. The Morgan fingerprint density at radius 1 is 0.243 bits per heavy atom. The molecule has 0 aliphatic heterocycles. The smallest absolute Gasteiger partial charge is 0.306 e. The highest BCUT2D eigenvalue weighted by atomic mass is 16.6. The standard InChI is InChI=1S/C64H124O6/c1-58(2)50-44-38-32-26-20-14-10-7-8-12-17-25-31-37-43-49-55-64(67)70-61(57-69-63(66)54-48-42-36-30-24-19-18-22-28-34-40-46-52-60(5)6)56-68-62(65)53-47-41-35-29-23-16-13-9-11-15-21-27-33-39-45-51-59(3)4/h58-61H,7-57H2,1-6H3/t61-/m1/s1. The molecule has 1 atom stereocenters. The number of carbonyl (C=O) groups is 3. The van der Waals surface area contributed by atoms with Crippen LogP contribution >= 0.6 is 0 Å². The van der Waals surface area contributed by atoms with E-state index in [0.29, 0.717) is 19.3 Å². The van der Waals surface area contributed by atoms with Crippen molar-refractivity contribution in [2.45, 2.75) is 362 Å². The minimum Gasteiger partial charge on any atom is -0.462 e. The number of ether oxygens (including phenoxy) is 3. The second-order valence-corrected chi connectivity index (χ2v) is 23.5. The molecule has 0 aliphatic rings. The predicted octanol–water partition coefficient (Wildman–Crippen LogP) is 21.1. The molecule has 0 heterocycles. The molecule has 0 saturated heterocycles. The van der Waals surface area contributed by atoms with Gasteiger partial charge in [-0.25, -0.2) is 0 Å². The lowest BCUT2D eigenvalue weighted by molar-refractivity contribution is -0.167. The van der Waals surface area contributed by atoms with Crippen molar-refractivity contribution >= 4 is 17.9 Å². The summed E-state index contributed by atoms with van der Waals surface area (Å²) in [5, 5.41) is 0. The summed E-state index contributed by atoms with van der Waals surface area (Å²) < 4.78 is 17.0. The fourth-order valence-electron chi connectivity index (χ4n) is 9.88. The van der Waals surface area contributed by atoms with Gasteiger partial charge in [0.25, 0.3) is 0 Å². The molecule has 6 heteroatoms. The maximum Gasteiger partial charge on any atom is 0.306 e. The first-order chi connectivity index (χ1) is 34.1. The molecule has 0 saturated carbocycles. The summed E-state index contributed by atoms with van der Waals surface area (Å²) in [4.78, 5) is 38.3. The van der Waals surface area contributed by atoms with E-state index >= 15 is 0 Å². The minimum absolute atomic E-state index is 0.0626. The van der Waals surface area contributed by atoms with Gasteiger partial charge in [-0.2, -0.15) is 0 Å². The van der Waals surface area contributed by atoms with Gasteiger partial charge in [0.05, 0.1) is 0 Å². The van der Waals surface area contributed by atoms with Gasteiger partial charge in [-0.3, -0.25) is 14.4 Å². The predicted molar refractivity (Wildman–Crippen MR) is 303 cm³/mol. The third-order valence-corrected chi connectivity index (χ3v) is 14.6. The molecule has 0 rings (SSSR count). The third-order valence-electron chi connectivity index (χ3n) is 14.6. The first-order valence-corrected chi connectivity index (χ1v) is 31.6. The van der Waals surface area contributed by atoms with Crippen LogP contribution in [0.25, 0.3) is 0 Å². The van der Waals surface area contributed by atoms with Crippen molar-refractivity contribution in [1.29, 1.82) is 0 Å². The second-order valence-electron chi connectivity index (χ2n) is 23.5. The first kappa shape index (κ1) is 68.4. The molecular weight excluding hydrogens is 865 g/mol. The van der Waals surface area contributed by atoms with Crippen molar-refractivity contribution in [3.8, 4) is 0 Å². The molecule has 0 aliphatic carbocycles. The summed E-state index contributed by atoms with van der Waals surface area (Å²) in [5.41, 5.74) is 0. The van der Waals surface area contributed by atoms with Crippen LogP contribution in [-0.2, 0) is 28.6 Å². The van der Waals surface area contributed by atoms with Crippen molar-refractivity contribution in [3.63, 3.8) is 0 Å². The highest BCUT2D eigenvalue weighted by Crippen LogP contribution is 2.19. The molecule has 0 spiro atoms. The number of hydrogen-bond acceptors (Lipinski definition) is 6. The number of rotatable bonds is 57. The van der Waals surface area contributed by atoms with E-state index in [1.807, 2.05) is 0 Å². The van der Waals surface area contributed by atoms with Gasteiger partial charge in [0.2, 0.25) is 0 Å². The lowest BCUT2D eigenvalue weighted by atomic mass is 10.0. The Morgan fingerprint density at radius 3 is 0.614 bits per heavy atom. The highest BCUT2D eigenvalue weighted by Gasteiger charge is 2.19. The van der Waals surface area contributed by atoms with Crippen LogP contribution in [0, 0.1) is 17.8 Å². The fourth-order valence-corrected chi connectivity index (χ4v) is 9.88. The Kier molecular flexibility index (Phi) is 53.9. The average Bonchev–Trinajstić information content (AvgIpc) is 3.32. The monoisotopic (exact) mass is 989 g/mol. The summed E-state index contributed by atoms with van der Waals surface area (Å²) in [6, 6.07) is 0. The van der Waals surface area contributed by atoms with Crippen LogP contribution in [0.15, 0.2) is 0 Å². The van der Waals surface area contributed by atoms with E-state index in [1.165, 1.54) is 238 Å². The molecule has 70 heavy (non-hydrogen) atoms. The van der Waals surface area contributed by atoms with Crippen LogP contribution < -0.4 is 0 Å². The number of hydrogen-bond donors (Lipinski definition) is 0. The molecule has 0 aromatic rings. The number of carbonyl (C=O) groups excluding carboxylic acids is 3. The van der Waals surface area contributed by atoms with Crippen LogP contribution in [0.1, 0.15) is 356 Å². The van der Waals surface area contributed by atoms with Gasteiger partial charge in [0.1, 0.15) is 13.2 Å². The van der Waals surface area contributed by atoms with E-state index in [1.54, 1.807) is 0 Å². The molecule has 6 nitrogen and oxygen atoms in total. The van der Waals surface area contributed by atoms with Gasteiger partial charge in [-0.1, -0.05) is 318 Å². The SMILES string of the molecule is CC(C)CCCCCCCCCCCCCCCCCCC(=O)O[C@H](COC(=O)CCCCCCCCCCCCCCCCCC(C)C)COC(=O)CCCCCCCCCCCCCCC(C)C. The summed E-state index contributed by atoms with van der Waals surface area (Å²) in [5.74, 6) is 1.70. The normalized spacial score (nSPS) is 12.1. The summed E-state index contributed by atoms with van der Waals surface area (Å²) >= 11 is 0. The van der Waals surface area contributed by atoms with Crippen LogP contribution in [0.4, 0.5) is 0 Å². The highest BCUT2D eigenvalue weighted by molar-refractivity contribution is 5.71. The van der Waals surface area contributed by atoms with Crippen LogP contribution in [0.3, 0.4) is 0 Å². The van der Waals surface area contributed by atoms with Gasteiger partial charge >= 0.3 is 17.9 Å². The maximum atomic E-state index is 12.9. The molecule has 0 fully saturated rings.